The highest BCUT2D eigenvalue weighted by atomic mass is 19.4. The topological polar surface area (TPSA) is 82.2 Å². The number of nitrogens with one attached hydrogen (secondary N) is 1. The Morgan fingerprint density at radius 3 is 2.62 bits per heavy atom. The minimum Gasteiger partial charge on any atom is -0.350 e. The molecule has 4 aromatic heterocycles. The number of imidazole rings is 1. The summed E-state index contributed by atoms with van der Waals surface area (Å²) in [6.45, 7) is 1.94. The summed E-state index contributed by atoms with van der Waals surface area (Å²) in [5.41, 5.74) is 4.17. The Balaban J connectivity index is 1.32. The molecular formula is C21H22F3N7O. The predicted molar refractivity (Wildman–Crippen MR) is 112 cm³/mol. The van der Waals surface area contributed by atoms with Gasteiger partial charge in [0.1, 0.15) is 11.3 Å². The van der Waals surface area contributed by atoms with Crippen LogP contribution in [0.4, 0.5) is 19.1 Å². The van der Waals surface area contributed by atoms with Crippen LogP contribution in [0.2, 0.25) is 0 Å². The summed E-state index contributed by atoms with van der Waals surface area (Å²) < 4.78 is 45.0. The molecule has 1 aliphatic carbocycles. The van der Waals surface area contributed by atoms with E-state index < -0.39 is 12.5 Å². The van der Waals surface area contributed by atoms with Crippen LogP contribution in [0.15, 0.2) is 30.6 Å². The van der Waals surface area contributed by atoms with Crippen LogP contribution in [0.5, 0.6) is 0 Å². The van der Waals surface area contributed by atoms with Gasteiger partial charge in [-0.05, 0) is 50.8 Å². The first-order chi connectivity index (χ1) is 15.3. The first-order valence-corrected chi connectivity index (χ1v) is 10.4. The Hall–Kier alpha value is -3.21. The zero-order valence-corrected chi connectivity index (χ0v) is 17.6. The van der Waals surface area contributed by atoms with E-state index in [1.807, 2.05) is 42.9 Å². The van der Waals surface area contributed by atoms with E-state index in [1.165, 1.54) is 0 Å². The lowest BCUT2D eigenvalue weighted by Gasteiger charge is -2.29. The van der Waals surface area contributed by atoms with Crippen LogP contribution in [-0.2, 0) is 11.8 Å². The minimum atomic E-state index is -4.58. The smallest absolute Gasteiger partial charge is 0.350 e. The van der Waals surface area contributed by atoms with Crippen LogP contribution in [-0.4, -0.2) is 47.6 Å². The maximum atomic E-state index is 12.4. The molecule has 0 saturated heterocycles. The highest BCUT2D eigenvalue weighted by Gasteiger charge is 2.35. The first-order valence-electron chi connectivity index (χ1n) is 10.4. The summed E-state index contributed by atoms with van der Waals surface area (Å²) in [5.74, 6) is 1.33. The lowest BCUT2D eigenvalue weighted by Crippen LogP contribution is -2.33. The highest BCUT2D eigenvalue weighted by Crippen LogP contribution is 2.29. The van der Waals surface area contributed by atoms with Crippen LogP contribution in [0, 0.1) is 6.92 Å². The van der Waals surface area contributed by atoms with Gasteiger partial charge in [-0.15, -0.1) is 18.3 Å². The second-order valence-corrected chi connectivity index (χ2v) is 8.08. The molecule has 5 rings (SSSR count). The second kappa shape index (κ2) is 7.73. The van der Waals surface area contributed by atoms with Gasteiger partial charge in [0.2, 0.25) is 5.95 Å². The Morgan fingerprint density at radius 1 is 1.09 bits per heavy atom. The van der Waals surface area contributed by atoms with E-state index in [9.17, 15) is 13.2 Å². The van der Waals surface area contributed by atoms with Crippen molar-refractivity contribution in [2.75, 3.05) is 5.32 Å². The molecule has 0 unspecified atom stereocenters. The number of aryl methyl sites for hydroxylation is 2. The average Bonchev–Trinajstić information content (AvgIpc) is 3.29. The number of nitrogens with zero attached hydrogens (tertiary/aromatic N) is 6. The Bertz CT molecular complexity index is 1270. The predicted octanol–water partition coefficient (Wildman–Crippen LogP) is 4.25. The summed E-state index contributed by atoms with van der Waals surface area (Å²) >= 11 is 0. The number of halogens is 3. The molecule has 11 heteroatoms. The van der Waals surface area contributed by atoms with Gasteiger partial charge in [-0.25, -0.2) is 19.5 Å². The molecule has 8 nitrogen and oxygen atoms in total. The van der Waals surface area contributed by atoms with E-state index in [0.717, 1.165) is 33.8 Å². The van der Waals surface area contributed by atoms with E-state index in [4.69, 9.17) is 4.98 Å². The van der Waals surface area contributed by atoms with E-state index in [1.54, 1.807) is 10.7 Å². The monoisotopic (exact) mass is 445 g/mol. The van der Waals surface area contributed by atoms with Crippen LogP contribution in [0.25, 0.3) is 27.9 Å². The maximum Gasteiger partial charge on any atom is 0.522 e. The fourth-order valence-electron chi connectivity index (χ4n) is 4.21. The van der Waals surface area contributed by atoms with Gasteiger partial charge in [0.15, 0.2) is 5.65 Å². The lowest BCUT2D eigenvalue weighted by molar-refractivity contribution is -0.345. The van der Waals surface area contributed by atoms with Gasteiger partial charge in [0, 0.05) is 24.8 Å². The van der Waals surface area contributed by atoms with Crippen molar-refractivity contribution in [2.24, 2.45) is 7.05 Å². The zero-order valence-electron chi connectivity index (χ0n) is 17.6. The zero-order chi connectivity index (χ0) is 22.5. The molecule has 0 spiro atoms. The third-order valence-electron chi connectivity index (χ3n) is 5.94. The second-order valence-electron chi connectivity index (χ2n) is 8.08. The fourth-order valence-corrected chi connectivity index (χ4v) is 4.21. The van der Waals surface area contributed by atoms with Crippen molar-refractivity contribution in [3.63, 3.8) is 0 Å². The van der Waals surface area contributed by atoms with Crippen molar-refractivity contribution in [2.45, 2.75) is 51.1 Å². The number of hydrogen-bond acceptors (Lipinski definition) is 6. The van der Waals surface area contributed by atoms with E-state index in [-0.39, 0.29) is 6.04 Å². The molecule has 4 heterocycles. The van der Waals surface area contributed by atoms with Crippen LogP contribution in [0.1, 0.15) is 31.5 Å². The van der Waals surface area contributed by atoms with Crippen LogP contribution < -0.4 is 5.32 Å². The van der Waals surface area contributed by atoms with Crippen molar-refractivity contribution in [3.05, 3.63) is 36.4 Å². The van der Waals surface area contributed by atoms with Gasteiger partial charge in [-0.1, -0.05) is 0 Å². The summed E-state index contributed by atoms with van der Waals surface area (Å²) in [7, 11) is 1.93. The van der Waals surface area contributed by atoms with E-state index >= 15 is 0 Å². The Morgan fingerprint density at radius 2 is 1.88 bits per heavy atom. The molecule has 0 amide bonds. The number of anilines is 1. The number of fused-ring (bicyclic) bond motifs is 2. The third-order valence-corrected chi connectivity index (χ3v) is 5.94. The molecule has 1 N–H and O–H groups in total. The summed E-state index contributed by atoms with van der Waals surface area (Å²) in [5, 5.41) is 7.75. The van der Waals surface area contributed by atoms with E-state index in [0.29, 0.717) is 31.6 Å². The SMILES string of the molecule is Cc1nc2ccc(-c3ccn4nc(N[C@H]5CC[C@@H](OC(F)(F)F)CC5)ncc34)nc2n1C. The highest BCUT2D eigenvalue weighted by molar-refractivity contribution is 5.82. The Kier molecular flexibility index (Phi) is 5.00. The normalized spacial score (nSPS) is 19.7. The van der Waals surface area contributed by atoms with Gasteiger partial charge >= 0.3 is 6.36 Å². The molecule has 0 atom stereocenters. The van der Waals surface area contributed by atoms with E-state index in [2.05, 4.69) is 25.1 Å². The maximum absolute atomic E-state index is 12.4. The minimum absolute atomic E-state index is 0.00715. The number of rotatable bonds is 4. The van der Waals surface area contributed by atoms with Gasteiger partial charge in [-0.2, -0.15) is 0 Å². The molecule has 0 radical (unpaired) electrons. The van der Waals surface area contributed by atoms with Crippen molar-refractivity contribution in [1.29, 1.82) is 0 Å². The molecule has 32 heavy (non-hydrogen) atoms. The fraction of sp³-hybridized carbons (Fsp3) is 0.429. The number of ether oxygens (including phenoxy) is 1. The van der Waals surface area contributed by atoms with Gasteiger partial charge in [0.05, 0.1) is 23.5 Å². The third kappa shape index (κ3) is 3.99. The average molecular weight is 445 g/mol. The van der Waals surface area contributed by atoms with Crippen molar-refractivity contribution in [3.8, 4) is 11.3 Å². The summed E-state index contributed by atoms with van der Waals surface area (Å²) in [4.78, 5) is 13.7. The van der Waals surface area contributed by atoms with Crippen molar-refractivity contribution >= 4 is 22.6 Å². The van der Waals surface area contributed by atoms with Crippen LogP contribution in [0.3, 0.4) is 0 Å². The number of hydrogen-bond donors (Lipinski definition) is 1. The number of alkyl halides is 3. The van der Waals surface area contributed by atoms with Gasteiger partial charge < -0.3 is 9.88 Å². The first kappa shape index (κ1) is 20.7. The molecule has 4 aromatic rings. The molecule has 1 saturated carbocycles. The van der Waals surface area contributed by atoms with Gasteiger partial charge in [-0.3, -0.25) is 4.74 Å². The number of aromatic nitrogens is 6. The van der Waals surface area contributed by atoms with Crippen molar-refractivity contribution in [1.82, 2.24) is 29.1 Å². The molecule has 0 aromatic carbocycles. The van der Waals surface area contributed by atoms with Gasteiger partial charge in [0.25, 0.3) is 0 Å². The van der Waals surface area contributed by atoms with Crippen molar-refractivity contribution < 1.29 is 17.9 Å². The molecule has 0 aliphatic heterocycles. The summed E-state index contributed by atoms with van der Waals surface area (Å²) in [6.07, 6.45) is 0.00992. The molecular weight excluding hydrogens is 423 g/mol. The largest absolute Gasteiger partial charge is 0.522 e. The molecule has 0 bridgehead atoms. The Labute approximate surface area is 181 Å². The lowest BCUT2D eigenvalue weighted by atomic mass is 9.93. The number of pyridine rings is 1. The van der Waals surface area contributed by atoms with Crippen LogP contribution >= 0.6 is 0 Å². The molecule has 168 valence electrons. The molecule has 1 fully saturated rings. The summed E-state index contributed by atoms with van der Waals surface area (Å²) in [6, 6.07) is 5.82. The standard InChI is InChI=1S/C21H22F3N7O/c1-12-26-17-8-7-16(28-19(17)30(12)2)15-9-10-31-18(15)11-25-20(29-31)27-13-3-5-14(6-4-13)32-21(22,23)24/h7-11,13-14H,3-6H2,1-2H3,(H,27,29)/t13-,14+. The molecule has 1 aliphatic rings. The quantitative estimate of drug-likeness (QED) is 0.506.